The van der Waals surface area contributed by atoms with Gasteiger partial charge in [-0.05, 0) is 30.1 Å². The highest BCUT2D eigenvalue weighted by atomic mass is 16.5. The van der Waals surface area contributed by atoms with E-state index in [-0.39, 0.29) is 6.61 Å². The van der Waals surface area contributed by atoms with E-state index in [9.17, 15) is 4.79 Å². The summed E-state index contributed by atoms with van der Waals surface area (Å²) in [6, 6.07) is 0. The Kier molecular flexibility index (Phi) is 6.80. The van der Waals surface area contributed by atoms with Crippen molar-refractivity contribution >= 4 is 5.97 Å². The van der Waals surface area contributed by atoms with Crippen LogP contribution in [0.2, 0.25) is 0 Å². The lowest BCUT2D eigenvalue weighted by atomic mass is 9.64. The highest BCUT2D eigenvalue weighted by Crippen LogP contribution is 2.44. The number of carboxylic acid groups (broad SMARTS) is 1. The highest BCUT2D eigenvalue weighted by molar-refractivity contribution is 5.67. The molecule has 0 amide bonds. The van der Waals surface area contributed by atoms with Gasteiger partial charge in [0.2, 0.25) is 0 Å². The number of hydrogen-bond donors (Lipinski definition) is 1. The molecule has 0 aromatic rings. The lowest BCUT2D eigenvalue weighted by Crippen LogP contribution is -2.37. The van der Waals surface area contributed by atoms with Crippen LogP contribution in [-0.2, 0) is 14.3 Å². The predicted octanol–water partition coefficient (Wildman–Crippen LogP) is 2.96. The van der Waals surface area contributed by atoms with E-state index in [4.69, 9.17) is 14.6 Å². The minimum absolute atomic E-state index is 0.240. The monoisotopic (exact) mass is 272 g/mol. The summed E-state index contributed by atoms with van der Waals surface area (Å²) < 4.78 is 10.7. The van der Waals surface area contributed by atoms with E-state index >= 15 is 0 Å². The van der Waals surface area contributed by atoms with Gasteiger partial charge in [0.05, 0.1) is 19.8 Å². The van der Waals surface area contributed by atoms with Crippen molar-refractivity contribution in [1.82, 2.24) is 0 Å². The molecular weight excluding hydrogens is 244 g/mol. The summed E-state index contributed by atoms with van der Waals surface area (Å²) >= 11 is 0. The predicted molar refractivity (Wildman–Crippen MR) is 74.2 cm³/mol. The van der Waals surface area contributed by atoms with E-state index in [1.54, 1.807) is 0 Å². The number of hydrogen-bond acceptors (Lipinski definition) is 3. The molecule has 2 unspecified atom stereocenters. The third kappa shape index (κ3) is 5.49. The molecule has 1 aliphatic rings. The molecule has 1 aliphatic carbocycles. The summed E-state index contributed by atoms with van der Waals surface area (Å²) in [6.07, 6.45) is 5.10. The second-order valence-electron chi connectivity index (χ2n) is 6.22. The van der Waals surface area contributed by atoms with Crippen molar-refractivity contribution in [3.8, 4) is 0 Å². The molecular formula is C15H28O4. The Hall–Kier alpha value is -0.610. The summed E-state index contributed by atoms with van der Waals surface area (Å²) in [5.41, 5.74) is 0.296. The van der Waals surface area contributed by atoms with Gasteiger partial charge in [-0.15, -0.1) is 0 Å². The van der Waals surface area contributed by atoms with Crippen LogP contribution in [0.1, 0.15) is 46.5 Å². The fourth-order valence-corrected chi connectivity index (χ4v) is 3.08. The first-order valence-corrected chi connectivity index (χ1v) is 7.33. The van der Waals surface area contributed by atoms with Crippen LogP contribution in [0, 0.1) is 17.3 Å². The molecule has 0 radical (unpaired) electrons. The Morgan fingerprint density at radius 3 is 2.63 bits per heavy atom. The zero-order valence-electron chi connectivity index (χ0n) is 12.5. The molecule has 0 spiro atoms. The summed E-state index contributed by atoms with van der Waals surface area (Å²) in [6.45, 7) is 8.25. The van der Waals surface area contributed by atoms with E-state index in [1.807, 2.05) is 0 Å². The number of carbonyl (C=O) groups is 1. The first-order valence-electron chi connectivity index (χ1n) is 7.33. The number of rotatable bonds is 8. The first kappa shape index (κ1) is 16.4. The topological polar surface area (TPSA) is 55.8 Å². The molecule has 19 heavy (non-hydrogen) atoms. The first-order chi connectivity index (χ1) is 8.96. The van der Waals surface area contributed by atoms with Crippen molar-refractivity contribution in [2.45, 2.75) is 46.5 Å². The van der Waals surface area contributed by atoms with E-state index in [0.717, 1.165) is 12.5 Å². The maximum atomic E-state index is 10.3. The Morgan fingerprint density at radius 1 is 1.37 bits per heavy atom. The number of ether oxygens (including phenoxy) is 2. The van der Waals surface area contributed by atoms with Gasteiger partial charge < -0.3 is 14.6 Å². The van der Waals surface area contributed by atoms with E-state index in [2.05, 4.69) is 20.8 Å². The molecule has 0 saturated heterocycles. The van der Waals surface area contributed by atoms with Gasteiger partial charge in [0.15, 0.2) is 0 Å². The molecule has 4 heteroatoms. The Bertz CT molecular complexity index is 277. The second kappa shape index (κ2) is 7.85. The van der Waals surface area contributed by atoms with Crippen molar-refractivity contribution < 1.29 is 19.4 Å². The minimum Gasteiger partial charge on any atom is -0.480 e. The smallest absolute Gasteiger partial charge is 0.329 e. The van der Waals surface area contributed by atoms with Gasteiger partial charge >= 0.3 is 5.97 Å². The van der Waals surface area contributed by atoms with Crippen LogP contribution in [0.25, 0.3) is 0 Å². The van der Waals surface area contributed by atoms with Crippen LogP contribution >= 0.6 is 0 Å². The van der Waals surface area contributed by atoms with E-state index in [1.165, 1.54) is 25.7 Å². The normalized spacial score (nSPS) is 27.7. The second-order valence-corrected chi connectivity index (χ2v) is 6.22. The van der Waals surface area contributed by atoms with Gasteiger partial charge in [0, 0.05) is 0 Å². The maximum absolute atomic E-state index is 10.3. The molecule has 0 aromatic heterocycles. The molecule has 0 bridgehead atoms. The van der Waals surface area contributed by atoms with E-state index in [0.29, 0.717) is 24.5 Å². The van der Waals surface area contributed by atoms with Gasteiger partial charge in [-0.2, -0.15) is 0 Å². The molecule has 0 aliphatic heterocycles. The SMILES string of the molecule is CC1CCCC(COCCOCC(=O)O)(C(C)C)C1. The largest absolute Gasteiger partial charge is 0.480 e. The van der Waals surface area contributed by atoms with Gasteiger partial charge in [-0.3, -0.25) is 0 Å². The lowest BCUT2D eigenvalue weighted by molar-refractivity contribution is -0.143. The van der Waals surface area contributed by atoms with Crippen molar-refractivity contribution in [3.05, 3.63) is 0 Å². The van der Waals surface area contributed by atoms with Crippen molar-refractivity contribution in [1.29, 1.82) is 0 Å². The standard InChI is InChI=1S/C15H28O4/c1-12(2)15(6-4-5-13(3)9-15)11-19-8-7-18-10-14(16)17/h12-13H,4-11H2,1-3H3,(H,16,17). The fourth-order valence-electron chi connectivity index (χ4n) is 3.08. The van der Waals surface area contributed by atoms with Gasteiger partial charge in [0.25, 0.3) is 0 Å². The highest BCUT2D eigenvalue weighted by Gasteiger charge is 2.37. The average molecular weight is 272 g/mol. The summed E-state index contributed by atoms with van der Waals surface area (Å²) in [4.78, 5) is 10.3. The Morgan fingerprint density at radius 2 is 2.05 bits per heavy atom. The van der Waals surface area contributed by atoms with Gasteiger partial charge in [-0.25, -0.2) is 4.79 Å². The summed E-state index contributed by atoms with van der Waals surface area (Å²) in [5.74, 6) is 0.470. The Balaban J connectivity index is 2.28. The lowest BCUT2D eigenvalue weighted by Gasteiger charge is -2.43. The van der Waals surface area contributed by atoms with E-state index < -0.39 is 5.97 Å². The fraction of sp³-hybridized carbons (Fsp3) is 0.933. The van der Waals surface area contributed by atoms with Crippen LogP contribution in [0.5, 0.6) is 0 Å². The van der Waals surface area contributed by atoms with Crippen molar-refractivity contribution in [2.75, 3.05) is 26.4 Å². The quantitative estimate of drug-likeness (QED) is 0.690. The van der Waals surface area contributed by atoms with Gasteiger partial charge in [-0.1, -0.05) is 33.6 Å². The minimum atomic E-state index is -0.931. The third-order valence-electron chi connectivity index (χ3n) is 4.34. The summed E-state index contributed by atoms with van der Waals surface area (Å²) in [7, 11) is 0. The molecule has 1 fully saturated rings. The van der Waals surface area contributed by atoms with Crippen molar-refractivity contribution in [2.24, 2.45) is 17.3 Å². The third-order valence-corrected chi connectivity index (χ3v) is 4.34. The van der Waals surface area contributed by atoms with Crippen molar-refractivity contribution in [3.63, 3.8) is 0 Å². The molecule has 112 valence electrons. The molecule has 1 N–H and O–H groups in total. The maximum Gasteiger partial charge on any atom is 0.329 e. The van der Waals surface area contributed by atoms with Crippen LogP contribution in [0.3, 0.4) is 0 Å². The van der Waals surface area contributed by atoms with Crippen LogP contribution in [0.15, 0.2) is 0 Å². The molecule has 1 saturated carbocycles. The van der Waals surface area contributed by atoms with Crippen LogP contribution in [-0.4, -0.2) is 37.5 Å². The Labute approximate surface area is 116 Å². The molecule has 2 atom stereocenters. The van der Waals surface area contributed by atoms with Crippen LogP contribution in [0.4, 0.5) is 0 Å². The average Bonchev–Trinajstić information content (AvgIpc) is 2.33. The molecule has 4 nitrogen and oxygen atoms in total. The van der Waals surface area contributed by atoms with Gasteiger partial charge in [0.1, 0.15) is 6.61 Å². The summed E-state index contributed by atoms with van der Waals surface area (Å²) in [5, 5.41) is 8.45. The zero-order valence-corrected chi connectivity index (χ0v) is 12.5. The molecule has 1 rings (SSSR count). The molecule has 0 heterocycles. The number of aliphatic carboxylic acids is 1. The van der Waals surface area contributed by atoms with Crippen LogP contribution < -0.4 is 0 Å². The number of carboxylic acids is 1. The molecule has 0 aromatic carbocycles. The zero-order chi connectivity index (χ0) is 14.3.